The van der Waals surface area contributed by atoms with E-state index < -0.39 is 11.2 Å². The molecule has 1 aromatic heterocycles. The van der Waals surface area contributed by atoms with Crippen molar-refractivity contribution >= 4 is 40.8 Å². The molecular formula is C19H19ClFN3O2S. The highest BCUT2D eigenvalue weighted by Gasteiger charge is 2.54. The monoisotopic (exact) mass is 407 g/mol. The molecule has 2 aromatic rings. The topological polar surface area (TPSA) is 64.1 Å². The van der Waals surface area contributed by atoms with Gasteiger partial charge in [-0.05, 0) is 62.1 Å². The zero-order valence-corrected chi connectivity index (χ0v) is 16.4. The summed E-state index contributed by atoms with van der Waals surface area (Å²) < 4.78 is 19.9. The van der Waals surface area contributed by atoms with Crippen LogP contribution in [0, 0.1) is 5.82 Å². The van der Waals surface area contributed by atoms with Crippen LogP contribution in [0.5, 0.6) is 0 Å². The molecule has 8 heteroatoms. The highest BCUT2D eigenvalue weighted by Crippen LogP contribution is 2.50. The van der Waals surface area contributed by atoms with Gasteiger partial charge in [-0.15, -0.1) is 11.8 Å². The van der Waals surface area contributed by atoms with Gasteiger partial charge in [0.15, 0.2) is 0 Å². The molecule has 4 rings (SSSR count). The fraction of sp³-hybridized carbons (Fsp3) is 0.421. The normalized spacial score (nSPS) is 17.1. The molecule has 0 radical (unpaired) electrons. The van der Waals surface area contributed by atoms with Crippen molar-refractivity contribution in [2.24, 2.45) is 0 Å². The Kier molecular flexibility index (Phi) is 4.99. The first-order valence-electron chi connectivity index (χ1n) is 8.97. The molecule has 2 aliphatic rings. The third-order valence-corrected chi connectivity index (χ3v) is 6.26. The predicted octanol–water partition coefficient (Wildman–Crippen LogP) is 4.65. The molecule has 27 heavy (non-hydrogen) atoms. The Morgan fingerprint density at radius 2 is 2.22 bits per heavy atom. The first-order chi connectivity index (χ1) is 13.0. The number of ether oxygens (including phenoxy) is 1. The Hall–Kier alpha value is -1.86. The van der Waals surface area contributed by atoms with Crippen molar-refractivity contribution < 1.29 is 13.9 Å². The number of nitrogens with one attached hydrogen (secondary N) is 1. The molecule has 5 nitrogen and oxygen atoms in total. The summed E-state index contributed by atoms with van der Waals surface area (Å²) in [5.74, 6) is 0.806. The van der Waals surface area contributed by atoms with E-state index in [2.05, 4.69) is 15.3 Å². The number of thioether (sulfide) groups is 1. The van der Waals surface area contributed by atoms with Crippen molar-refractivity contribution in [1.82, 2.24) is 9.97 Å². The second kappa shape index (κ2) is 7.28. The SMILES string of the molecule is CCOC(=O)C1(c2ccc(Nc3nc(Cl)nc4c3SCCC4)cc2F)CC1. The van der Waals surface area contributed by atoms with Crippen molar-refractivity contribution in [2.75, 3.05) is 17.7 Å². The van der Waals surface area contributed by atoms with Crippen molar-refractivity contribution in [3.63, 3.8) is 0 Å². The van der Waals surface area contributed by atoms with Crippen LogP contribution < -0.4 is 5.32 Å². The van der Waals surface area contributed by atoms with Gasteiger partial charge in [-0.2, -0.15) is 4.98 Å². The van der Waals surface area contributed by atoms with Crippen LogP contribution >= 0.6 is 23.4 Å². The highest BCUT2D eigenvalue weighted by molar-refractivity contribution is 7.99. The lowest BCUT2D eigenvalue weighted by Gasteiger charge is -2.19. The predicted molar refractivity (Wildman–Crippen MR) is 103 cm³/mol. The minimum absolute atomic E-state index is 0.176. The average molecular weight is 408 g/mol. The molecule has 0 bridgehead atoms. The number of anilines is 2. The van der Waals surface area contributed by atoms with Gasteiger partial charge in [-0.3, -0.25) is 4.79 Å². The first-order valence-corrected chi connectivity index (χ1v) is 10.3. The van der Waals surface area contributed by atoms with E-state index in [4.69, 9.17) is 16.3 Å². The summed E-state index contributed by atoms with van der Waals surface area (Å²) in [7, 11) is 0. The second-order valence-electron chi connectivity index (χ2n) is 6.69. The number of aromatic nitrogens is 2. The molecule has 1 aromatic carbocycles. The Morgan fingerprint density at radius 1 is 1.41 bits per heavy atom. The smallest absolute Gasteiger partial charge is 0.316 e. The minimum atomic E-state index is -0.828. The fourth-order valence-corrected chi connectivity index (χ4v) is 4.61. The van der Waals surface area contributed by atoms with Crippen molar-refractivity contribution in [2.45, 2.75) is 42.9 Å². The molecule has 1 fully saturated rings. The number of nitrogens with zero attached hydrogens (tertiary/aromatic N) is 2. The zero-order valence-electron chi connectivity index (χ0n) is 14.8. The maximum atomic E-state index is 14.8. The van der Waals surface area contributed by atoms with Crippen LogP contribution in [0.15, 0.2) is 23.1 Å². The summed E-state index contributed by atoms with van der Waals surface area (Å²) >= 11 is 7.71. The average Bonchev–Trinajstić information content (AvgIpc) is 3.44. The molecule has 2 heterocycles. The number of hydrogen-bond donors (Lipinski definition) is 1. The van der Waals surface area contributed by atoms with Crippen LogP contribution in [0.25, 0.3) is 0 Å². The maximum absolute atomic E-state index is 14.8. The van der Waals surface area contributed by atoms with E-state index in [1.54, 1.807) is 30.8 Å². The number of rotatable bonds is 5. The van der Waals surface area contributed by atoms with E-state index in [-0.39, 0.29) is 11.3 Å². The Morgan fingerprint density at radius 3 is 2.93 bits per heavy atom. The third-order valence-electron chi connectivity index (χ3n) is 4.88. The van der Waals surface area contributed by atoms with E-state index in [0.29, 0.717) is 36.5 Å². The summed E-state index contributed by atoms with van der Waals surface area (Å²) in [6.45, 7) is 2.04. The van der Waals surface area contributed by atoms with Crippen LogP contribution in [0.3, 0.4) is 0 Å². The summed E-state index contributed by atoms with van der Waals surface area (Å²) in [5, 5.41) is 3.33. The highest BCUT2D eigenvalue weighted by atomic mass is 35.5. The van der Waals surface area contributed by atoms with Gasteiger partial charge < -0.3 is 10.1 Å². The van der Waals surface area contributed by atoms with Crippen LogP contribution in [-0.2, 0) is 21.4 Å². The van der Waals surface area contributed by atoms with E-state index in [1.165, 1.54) is 6.07 Å². The van der Waals surface area contributed by atoms with Gasteiger partial charge in [-0.1, -0.05) is 6.07 Å². The minimum Gasteiger partial charge on any atom is -0.465 e. The van der Waals surface area contributed by atoms with Gasteiger partial charge in [0.05, 0.1) is 22.6 Å². The molecule has 0 saturated heterocycles. The third kappa shape index (κ3) is 3.50. The molecule has 142 valence electrons. The van der Waals surface area contributed by atoms with Gasteiger partial charge in [0, 0.05) is 11.3 Å². The number of fused-ring (bicyclic) bond motifs is 1. The van der Waals surface area contributed by atoms with E-state index in [9.17, 15) is 9.18 Å². The number of esters is 1. The molecule has 0 amide bonds. The van der Waals surface area contributed by atoms with E-state index in [1.807, 2.05) is 0 Å². The molecular weight excluding hydrogens is 389 g/mol. The number of hydrogen-bond acceptors (Lipinski definition) is 6. The molecule has 1 aliphatic heterocycles. The second-order valence-corrected chi connectivity index (χ2v) is 8.13. The molecule has 1 N–H and O–H groups in total. The number of aryl methyl sites for hydroxylation is 1. The lowest BCUT2D eigenvalue weighted by molar-refractivity contribution is -0.146. The first kappa shape index (κ1) is 18.5. The quantitative estimate of drug-likeness (QED) is 0.575. The van der Waals surface area contributed by atoms with Gasteiger partial charge in [0.2, 0.25) is 5.28 Å². The number of carbonyl (C=O) groups excluding carboxylic acids is 1. The zero-order chi connectivity index (χ0) is 19.0. The summed E-state index contributed by atoms with van der Waals surface area (Å²) in [4.78, 5) is 21.7. The standard InChI is InChI=1S/C19H19ClFN3O2S/c1-2-26-17(25)19(7-8-19)12-6-5-11(10-13(12)21)22-16-15-14(4-3-9-27-15)23-18(20)24-16/h5-6,10H,2-4,7-9H2,1H3,(H,22,23,24). The van der Waals surface area contributed by atoms with E-state index in [0.717, 1.165) is 29.2 Å². The number of carbonyl (C=O) groups is 1. The molecule has 1 aliphatic carbocycles. The van der Waals surface area contributed by atoms with Crippen LogP contribution in [-0.4, -0.2) is 28.3 Å². The summed E-state index contributed by atoms with van der Waals surface area (Å²) in [6, 6.07) is 4.81. The Balaban J connectivity index is 1.61. The van der Waals surface area contributed by atoms with Crippen LogP contribution in [0.4, 0.5) is 15.9 Å². The van der Waals surface area contributed by atoms with E-state index >= 15 is 0 Å². The number of halogens is 2. The van der Waals surface area contributed by atoms with Gasteiger partial charge in [0.25, 0.3) is 0 Å². The number of benzene rings is 1. The van der Waals surface area contributed by atoms with Crippen molar-refractivity contribution in [3.05, 3.63) is 40.6 Å². The fourth-order valence-electron chi connectivity index (χ4n) is 3.38. The van der Waals surface area contributed by atoms with Gasteiger partial charge >= 0.3 is 5.97 Å². The summed E-state index contributed by atoms with van der Waals surface area (Å²) in [5.41, 5.74) is 1.04. The molecule has 0 unspecified atom stereocenters. The lowest BCUT2D eigenvalue weighted by Crippen LogP contribution is -2.24. The summed E-state index contributed by atoms with van der Waals surface area (Å²) in [6.07, 6.45) is 3.13. The Labute approximate surface area is 166 Å². The molecule has 0 atom stereocenters. The largest absolute Gasteiger partial charge is 0.465 e. The maximum Gasteiger partial charge on any atom is 0.316 e. The van der Waals surface area contributed by atoms with Crippen molar-refractivity contribution in [1.29, 1.82) is 0 Å². The van der Waals surface area contributed by atoms with Gasteiger partial charge in [0.1, 0.15) is 11.6 Å². The van der Waals surface area contributed by atoms with Crippen molar-refractivity contribution in [3.8, 4) is 0 Å². The lowest BCUT2D eigenvalue weighted by atomic mass is 9.95. The molecule has 1 saturated carbocycles. The Bertz CT molecular complexity index is 905. The van der Waals surface area contributed by atoms with Gasteiger partial charge in [-0.25, -0.2) is 9.37 Å². The van der Waals surface area contributed by atoms with Crippen LogP contribution in [0.1, 0.15) is 37.4 Å². The van der Waals surface area contributed by atoms with Crippen LogP contribution in [0.2, 0.25) is 5.28 Å². The molecule has 0 spiro atoms.